The minimum atomic E-state index is -0.773. The number of aliphatic imine (C=N–C) groups is 1. The quantitative estimate of drug-likeness (QED) is 0.358. The molecule has 2 aromatic rings. The van der Waals surface area contributed by atoms with E-state index in [0.29, 0.717) is 23.7 Å². The first-order chi connectivity index (χ1) is 17.3. The molecule has 0 aliphatic rings. The van der Waals surface area contributed by atoms with Crippen LogP contribution >= 0.6 is 0 Å². The SMILES string of the molecule is C=Cc1ccccc1COc1ccc(OC)cc1CN=C(NC(=O)OC(C)(C)C)NC(=O)OC(C)(C)C. The molecule has 200 valence electrons. The van der Waals surface area contributed by atoms with E-state index in [2.05, 4.69) is 22.2 Å². The van der Waals surface area contributed by atoms with Gasteiger partial charge in [0.05, 0.1) is 13.7 Å². The molecule has 2 aromatic carbocycles. The number of hydrogen-bond acceptors (Lipinski definition) is 7. The zero-order chi connectivity index (χ0) is 27.6. The molecule has 0 aromatic heterocycles. The minimum absolute atomic E-state index is 0.0522. The Bertz CT molecular complexity index is 1100. The lowest BCUT2D eigenvalue weighted by Crippen LogP contribution is -2.47. The Hall–Kier alpha value is -4.01. The van der Waals surface area contributed by atoms with E-state index in [1.54, 1.807) is 72.9 Å². The normalized spacial score (nSPS) is 11.1. The summed E-state index contributed by atoms with van der Waals surface area (Å²) in [4.78, 5) is 29.2. The lowest BCUT2D eigenvalue weighted by molar-refractivity contribution is 0.0545. The number of rotatable bonds is 7. The fraction of sp³-hybridized carbons (Fsp3) is 0.393. The van der Waals surface area contributed by atoms with Gasteiger partial charge < -0.3 is 18.9 Å². The van der Waals surface area contributed by atoms with E-state index < -0.39 is 23.4 Å². The molecule has 0 heterocycles. The molecular weight excluding hydrogens is 474 g/mol. The van der Waals surface area contributed by atoms with Gasteiger partial charge in [0, 0.05) is 5.56 Å². The second-order valence-corrected chi connectivity index (χ2v) is 10.1. The van der Waals surface area contributed by atoms with Gasteiger partial charge in [-0.05, 0) is 70.9 Å². The largest absolute Gasteiger partial charge is 0.497 e. The van der Waals surface area contributed by atoms with Gasteiger partial charge in [0.1, 0.15) is 29.3 Å². The van der Waals surface area contributed by atoms with Crippen LogP contribution in [0, 0.1) is 0 Å². The number of amides is 2. The van der Waals surface area contributed by atoms with Crippen molar-refractivity contribution in [2.75, 3.05) is 7.11 Å². The second kappa shape index (κ2) is 12.8. The summed E-state index contributed by atoms with van der Waals surface area (Å²) in [6, 6.07) is 13.1. The highest BCUT2D eigenvalue weighted by molar-refractivity contribution is 6.01. The lowest BCUT2D eigenvalue weighted by Gasteiger charge is -2.22. The molecule has 37 heavy (non-hydrogen) atoms. The Morgan fingerprint density at radius 1 is 0.919 bits per heavy atom. The van der Waals surface area contributed by atoms with E-state index in [1.807, 2.05) is 24.3 Å². The predicted octanol–water partition coefficient (Wildman–Crippen LogP) is 5.82. The number of ether oxygens (including phenoxy) is 4. The maximum atomic E-state index is 12.4. The average Bonchev–Trinajstić information content (AvgIpc) is 2.79. The molecule has 0 fully saturated rings. The summed E-state index contributed by atoms with van der Waals surface area (Å²) >= 11 is 0. The molecule has 0 aliphatic carbocycles. The lowest BCUT2D eigenvalue weighted by atomic mass is 10.1. The van der Waals surface area contributed by atoms with Crippen LogP contribution in [0.3, 0.4) is 0 Å². The van der Waals surface area contributed by atoms with Gasteiger partial charge in [-0.15, -0.1) is 0 Å². The van der Waals surface area contributed by atoms with Crippen molar-refractivity contribution in [1.82, 2.24) is 10.6 Å². The first kappa shape index (κ1) is 29.2. The van der Waals surface area contributed by atoms with Crippen molar-refractivity contribution in [3.63, 3.8) is 0 Å². The smallest absolute Gasteiger partial charge is 0.414 e. The van der Waals surface area contributed by atoms with Crippen LogP contribution in [0.4, 0.5) is 9.59 Å². The number of benzene rings is 2. The Kier molecular flexibility index (Phi) is 10.1. The third-order valence-corrected chi connectivity index (χ3v) is 4.57. The van der Waals surface area contributed by atoms with E-state index in [1.165, 1.54) is 0 Å². The van der Waals surface area contributed by atoms with E-state index >= 15 is 0 Å². The van der Waals surface area contributed by atoms with Gasteiger partial charge in [-0.1, -0.05) is 36.9 Å². The highest BCUT2D eigenvalue weighted by Crippen LogP contribution is 2.26. The van der Waals surface area contributed by atoms with Crippen molar-refractivity contribution < 1.29 is 28.5 Å². The number of methoxy groups -OCH3 is 1. The maximum Gasteiger partial charge on any atom is 0.414 e. The highest BCUT2D eigenvalue weighted by Gasteiger charge is 2.21. The Morgan fingerprint density at radius 2 is 1.51 bits per heavy atom. The van der Waals surface area contributed by atoms with Gasteiger partial charge in [0.2, 0.25) is 5.96 Å². The number of nitrogens with zero attached hydrogens (tertiary/aromatic N) is 1. The number of alkyl carbamates (subject to hydrolysis) is 2. The van der Waals surface area contributed by atoms with Gasteiger partial charge in [0.25, 0.3) is 0 Å². The fourth-order valence-corrected chi connectivity index (χ4v) is 3.04. The summed E-state index contributed by atoms with van der Waals surface area (Å²) in [6.07, 6.45) is 0.227. The highest BCUT2D eigenvalue weighted by atomic mass is 16.6. The van der Waals surface area contributed by atoms with E-state index in [0.717, 1.165) is 11.1 Å². The van der Waals surface area contributed by atoms with E-state index in [-0.39, 0.29) is 12.5 Å². The van der Waals surface area contributed by atoms with Crippen LogP contribution in [0.1, 0.15) is 58.2 Å². The summed E-state index contributed by atoms with van der Waals surface area (Å²) in [7, 11) is 1.56. The molecule has 0 bridgehead atoms. The van der Waals surface area contributed by atoms with Gasteiger partial charge in [-0.25, -0.2) is 14.6 Å². The molecule has 0 radical (unpaired) electrons. The number of nitrogens with one attached hydrogen (secondary N) is 2. The van der Waals surface area contributed by atoms with Crippen molar-refractivity contribution in [2.24, 2.45) is 4.99 Å². The maximum absolute atomic E-state index is 12.4. The third kappa shape index (κ3) is 10.6. The summed E-state index contributed by atoms with van der Waals surface area (Å²) in [5, 5.41) is 4.95. The standard InChI is InChI=1S/C28H37N3O6/c1-9-19-12-10-11-13-20(19)18-35-23-15-14-22(34-8)16-21(23)17-29-24(30-25(32)36-27(2,3)4)31-26(33)37-28(5,6)7/h9-16H,1,17-18H2,2-8H3,(H2,29,30,31,32,33). The monoisotopic (exact) mass is 511 g/mol. The molecule has 0 aliphatic heterocycles. The molecular formula is C28H37N3O6. The summed E-state index contributed by atoms with van der Waals surface area (Å²) in [6.45, 7) is 14.6. The van der Waals surface area contributed by atoms with Crippen molar-refractivity contribution in [1.29, 1.82) is 0 Å². The minimum Gasteiger partial charge on any atom is -0.497 e. The van der Waals surface area contributed by atoms with Crippen LogP contribution in [0.2, 0.25) is 0 Å². The average molecular weight is 512 g/mol. The summed E-state index contributed by atoms with van der Waals surface area (Å²) < 4.78 is 22.0. The summed E-state index contributed by atoms with van der Waals surface area (Å²) in [5.41, 5.74) is 1.14. The zero-order valence-electron chi connectivity index (χ0n) is 22.6. The molecule has 0 spiro atoms. The fourth-order valence-electron chi connectivity index (χ4n) is 3.04. The molecule has 2 N–H and O–H groups in total. The first-order valence-corrected chi connectivity index (χ1v) is 11.8. The van der Waals surface area contributed by atoms with Crippen LogP contribution in [-0.4, -0.2) is 36.5 Å². The molecule has 0 atom stereocenters. The topological polar surface area (TPSA) is 107 Å². The van der Waals surface area contributed by atoms with Gasteiger partial charge >= 0.3 is 12.2 Å². The van der Waals surface area contributed by atoms with Crippen LogP contribution in [0.25, 0.3) is 6.08 Å². The third-order valence-electron chi connectivity index (χ3n) is 4.57. The Morgan fingerprint density at radius 3 is 2.05 bits per heavy atom. The molecule has 0 unspecified atom stereocenters. The van der Waals surface area contributed by atoms with E-state index in [4.69, 9.17) is 18.9 Å². The van der Waals surface area contributed by atoms with E-state index in [9.17, 15) is 9.59 Å². The number of carbonyl (C=O) groups excluding carboxylic acids is 2. The summed E-state index contributed by atoms with van der Waals surface area (Å²) in [5.74, 6) is 1.04. The van der Waals surface area contributed by atoms with Crippen LogP contribution in [-0.2, 0) is 22.6 Å². The molecule has 0 saturated heterocycles. The van der Waals surface area contributed by atoms with Crippen LogP contribution in [0.5, 0.6) is 11.5 Å². The molecule has 2 rings (SSSR count). The molecule has 2 amide bonds. The molecule has 9 heteroatoms. The first-order valence-electron chi connectivity index (χ1n) is 11.8. The van der Waals surface area contributed by atoms with Gasteiger partial charge in [-0.2, -0.15) is 0 Å². The predicted molar refractivity (Wildman–Crippen MR) is 144 cm³/mol. The zero-order valence-corrected chi connectivity index (χ0v) is 22.6. The molecule has 9 nitrogen and oxygen atoms in total. The number of hydrogen-bond donors (Lipinski definition) is 2. The Labute approximate surface area is 218 Å². The number of guanidine groups is 1. The van der Waals surface area contributed by atoms with Crippen molar-refractivity contribution in [3.05, 3.63) is 65.7 Å². The Balaban J connectivity index is 2.30. The van der Waals surface area contributed by atoms with Crippen LogP contribution in [0.15, 0.2) is 54.0 Å². The van der Waals surface area contributed by atoms with Crippen molar-refractivity contribution in [3.8, 4) is 11.5 Å². The number of carbonyl (C=O) groups is 2. The molecule has 0 saturated carbocycles. The van der Waals surface area contributed by atoms with Crippen LogP contribution < -0.4 is 20.1 Å². The second-order valence-electron chi connectivity index (χ2n) is 10.1. The van der Waals surface area contributed by atoms with Gasteiger partial charge in [0.15, 0.2) is 0 Å². The van der Waals surface area contributed by atoms with Crippen molar-refractivity contribution >= 4 is 24.2 Å². The van der Waals surface area contributed by atoms with Gasteiger partial charge in [-0.3, -0.25) is 10.6 Å². The van der Waals surface area contributed by atoms with Crippen molar-refractivity contribution in [2.45, 2.75) is 65.9 Å².